The van der Waals surface area contributed by atoms with Gasteiger partial charge in [-0.3, -0.25) is 4.79 Å². The van der Waals surface area contributed by atoms with E-state index < -0.39 is 5.54 Å². The first-order valence-electron chi connectivity index (χ1n) is 6.16. The molecule has 0 saturated heterocycles. The highest BCUT2D eigenvalue weighted by atomic mass is 19.1. The lowest BCUT2D eigenvalue weighted by molar-refractivity contribution is 0.0864. The van der Waals surface area contributed by atoms with Crippen LogP contribution >= 0.6 is 0 Å². The lowest BCUT2D eigenvalue weighted by atomic mass is 10.1. The van der Waals surface area contributed by atoms with Crippen molar-refractivity contribution in [1.82, 2.24) is 15.1 Å². The topological polar surface area (TPSA) is 67.2 Å². The van der Waals surface area contributed by atoms with Crippen molar-refractivity contribution < 1.29 is 14.3 Å². The molecule has 0 radical (unpaired) electrons. The number of aliphatic hydroxyl groups is 1. The maximum absolute atomic E-state index is 12.8. The number of aromatic nitrogens is 2. The Balaban J connectivity index is 2.17. The van der Waals surface area contributed by atoms with E-state index in [0.717, 1.165) is 0 Å². The number of hydrogen-bond acceptors (Lipinski definition) is 3. The van der Waals surface area contributed by atoms with Gasteiger partial charge in [-0.25, -0.2) is 9.07 Å². The summed E-state index contributed by atoms with van der Waals surface area (Å²) in [5, 5.41) is 15.9. The van der Waals surface area contributed by atoms with Gasteiger partial charge in [-0.05, 0) is 44.2 Å². The predicted molar refractivity (Wildman–Crippen MR) is 72.2 cm³/mol. The molecule has 2 N–H and O–H groups in total. The number of carbonyl (C=O) groups excluding carboxylic acids is 1. The molecule has 0 spiro atoms. The molecule has 0 aliphatic heterocycles. The van der Waals surface area contributed by atoms with Crippen molar-refractivity contribution in [2.24, 2.45) is 0 Å². The van der Waals surface area contributed by atoms with Gasteiger partial charge in [-0.15, -0.1) is 0 Å². The molecule has 1 aromatic heterocycles. The van der Waals surface area contributed by atoms with Gasteiger partial charge in [0.05, 0.1) is 17.8 Å². The van der Waals surface area contributed by atoms with Crippen LogP contribution < -0.4 is 5.32 Å². The summed E-state index contributed by atoms with van der Waals surface area (Å²) in [4.78, 5) is 12.0. The summed E-state index contributed by atoms with van der Waals surface area (Å²) in [6, 6.07) is 7.35. The third-order valence-corrected chi connectivity index (χ3v) is 2.76. The summed E-state index contributed by atoms with van der Waals surface area (Å²) in [5.41, 5.74) is 0.180. The molecule has 0 aliphatic rings. The van der Waals surface area contributed by atoms with Gasteiger partial charge in [0.25, 0.3) is 5.91 Å². The zero-order valence-corrected chi connectivity index (χ0v) is 11.3. The van der Waals surface area contributed by atoms with Crippen LogP contribution in [0.25, 0.3) is 5.69 Å². The van der Waals surface area contributed by atoms with E-state index in [4.69, 9.17) is 5.11 Å². The number of amides is 1. The molecule has 1 amide bonds. The lowest BCUT2D eigenvalue weighted by Gasteiger charge is -2.22. The van der Waals surface area contributed by atoms with Crippen molar-refractivity contribution in [3.05, 3.63) is 48.0 Å². The second-order valence-electron chi connectivity index (χ2n) is 5.12. The summed E-state index contributed by atoms with van der Waals surface area (Å²) in [6.45, 7) is 3.25. The van der Waals surface area contributed by atoms with Gasteiger partial charge in [0.15, 0.2) is 5.69 Å². The Morgan fingerprint density at radius 1 is 1.35 bits per heavy atom. The molecule has 0 aliphatic carbocycles. The van der Waals surface area contributed by atoms with Crippen LogP contribution in [0.15, 0.2) is 36.5 Å². The minimum atomic E-state index is -0.712. The smallest absolute Gasteiger partial charge is 0.272 e. The summed E-state index contributed by atoms with van der Waals surface area (Å²) >= 11 is 0. The molecule has 2 aromatic rings. The third kappa shape index (κ3) is 3.21. The Bertz CT molecular complexity index is 605. The number of carbonyl (C=O) groups is 1. The average molecular weight is 277 g/mol. The Labute approximate surface area is 116 Å². The number of benzene rings is 1. The first kappa shape index (κ1) is 14.2. The molecule has 0 unspecified atom stereocenters. The number of aliphatic hydroxyl groups excluding tert-OH is 1. The molecule has 106 valence electrons. The fourth-order valence-corrected chi connectivity index (χ4v) is 1.59. The molecule has 2 rings (SSSR count). The molecule has 0 saturated carbocycles. The second kappa shape index (κ2) is 5.42. The molecule has 1 heterocycles. The molecule has 0 atom stereocenters. The van der Waals surface area contributed by atoms with E-state index in [1.807, 2.05) is 0 Å². The fourth-order valence-electron chi connectivity index (χ4n) is 1.59. The van der Waals surface area contributed by atoms with Gasteiger partial charge in [-0.2, -0.15) is 5.10 Å². The first-order chi connectivity index (χ1) is 9.41. The molecule has 6 heteroatoms. The maximum atomic E-state index is 12.8. The van der Waals surface area contributed by atoms with Crippen molar-refractivity contribution in [3.63, 3.8) is 0 Å². The number of hydrogen-bond donors (Lipinski definition) is 2. The summed E-state index contributed by atoms with van der Waals surface area (Å²) < 4.78 is 14.3. The quantitative estimate of drug-likeness (QED) is 0.890. The minimum Gasteiger partial charge on any atom is -0.394 e. The number of nitrogens with one attached hydrogen (secondary N) is 1. The van der Waals surface area contributed by atoms with Gasteiger partial charge in [0, 0.05) is 6.20 Å². The molecule has 0 bridgehead atoms. The van der Waals surface area contributed by atoms with Gasteiger partial charge in [0.1, 0.15) is 5.82 Å². The van der Waals surface area contributed by atoms with Crippen LogP contribution in [0.2, 0.25) is 0 Å². The Morgan fingerprint density at radius 2 is 2.00 bits per heavy atom. The van der Waals surface area contributed by atoms with Crippen molar-refractivity contribution in [1.29, 1.82) is 0 Å². The Hall–Kier alpha value is -2.21. The van der Waals surface area contributed by atoms with E-state index in [1.54, 1.807) is 38.2 Å². The fraction of sp³-hybridized carbons (Fsp3) is 0.286. The summed E-state index contributed by atoms with van der Waals surface area (Å²) in [6.07, 6.45) is 1.62. The molecular formula is C14H16FN3O2. The molecular weight excluding hydrogens is 261 g/mol. The van der Waals surface area contributed by atoms with Crippen LogP contribution in [-0.2, 0) is 0 Å². The van der Waals surface area contributed by atoms with Crippen LogP contribution in [0.1, 0.15) is 24.3 Å². The largest absolute Gasteiger partial charge is 0.394 e. The Kier molecular flexibility index (Phi) is 3.85. The number of halogens is 1. The van der Waals surface area contributed by atoms with Crippen molar-refractivity contribution in [2.45, 2.75) is 19.4 Å². The summed E-state index contributed by atoms with van der Waals surface area (Å²) in [7, 11) is 0. The number of nitrogens with zero attached hydrogens (tertiary/aromatic N) is 2. The van der Waals surface area contributed by atoms with E-state index in [2.05, 4.69) is 10.4 Å². The van der Waals surface area contributed by atoms with Crippen LogP contribution in [0.5, 0.6) is 0 Å². The summed E-state index contributed by atoms with van der Waals surface area (Å²) in [5.74, 6) is -0.700. The SMILES string of the molecule is CC(C)(CO)NC(=O)c1ccn(-c2ccc(F)cc2)n1. The molecule has 5 nitrogen and oxygen atoms in total. The van der Waals surface area contributed by atoms with Crippen molar-refractivity contribution in [2.75, 3.05) is 6.61 Å². The molecule has 1 aromatic carbocycles. The molecule has 20 heavy (non-hydrogen) atoms. The van der Waals surface area contributed by atoms with E-state index in [-0.39, 0.29) is 24.0 Å². The lowest BCUT2D eigenvalue weighted by Crippen LogP contribution is -2.46. The zero-order valence-electron chi connectivity index (χ0n) is 11.3. The standard InChI is InChI=1S/C14H16FN3O2/c1-14(2,9-19)16-13(20)12-7-8-18(17-12)11-5-3-10(15)4-6-11/h3-8,19H,9H2,1-2H3,(H,16,20). The van der Waals surface area contributed by atoms with Gasteiger partial charge in [0.2, 0.25) is 0 Å². The monoisotopic (exact) mass is 277 g/mol. The average Bonchev–Trinajstić information content (AvgIpc) is 2.89. The highest BCUT2D eigenvalue weighted by Gasteiger charge is 2.21. The van der Waals surface area contributed by atoms with Gasteiger partial charge in [-0.1, -0.05) is 0 Å². The third-order valence-electron chi connectivity index (χ3n) is 2.76. The predicted octanol–water partition coefficient (Wildman–Crippen LogP) is 1.51. The van der Waals surface area contributed by atoms with E-state index in [9.17, 15) is 9.18 Å². The van der Waals surface area contributed by atoms with Crippen LogP contribution in [0.3, 0.4) is 0 Å². The first-order valence-corrected chi connectivity index (χ1v) is 6.16. The van der Waals surface area contributed by atoms with E-state index >= 15 is 0 Å². The number of rotatable bonds is 4. The highest BCUT2D eigenvalue weighted by Crippen LogP contribution is 2.10. The highest BCUT2D eigenvalue weighted by molar-refractivity contribution is 5.92. The van der Waals surface area contributed by atoms with Crippen molar-refractivity contribution >= 4 is 5.91 Å². The van der Waals surface area contributed by atoms with E-state index in [1.165, 1.54) is 16.8 Å². The minimum absolute atomic E-state index is 0.169. The van der Waals surface area contributed by atoms with Gasteiger partial charge >= 0.3 is 0 Å². The molecule has 0 fully saturated rings. The van der Waals surface area contributed by atoms with Crippen LogP contribution in [-0.4, -0.2) is 32.9 Å². The van der Waals surface area contributed by atoms with Crippen LogP contribution in [0, 0.1) is 5.82 Å². The van der Waals surface area contributed by atoms with Gasteiger partial charge < -0.3 is 10.4 Å². The zero-order chi connectivity index (χ0) is 14.8. The second-order valence-corrected chi connectivity index (χ2v) is 5.12. The van der Waals surface area contributed by atoms with Crippen molar-refractivity contribution in [3.8, 4) is 5.69 Å². The van der Waals surface area contributed by atoms with Crippen LogP contribution in [0.4, 0.5) is 4.39 Å². The Morgan fingerprint density at radius 3 is 2.60 bits per heavy atom. The maximum Gasteiger partial charge on any atom is 0.272 e. The van der Waals surface area contributed by atoms with E-state index in [0.29, 0.717) is 5.69 Å². The normalized spacial score (nSPS) is 11.4.